The predicted molar refractivity (Wildman–Crippen MR) is 77.1 cm³/mol. The summed E-state index contributed by atoms with van der Waals surface area (Å²) in [5.41, 5.74) is 3.47. The van der Waals surface area contributed by atoms with Gasteiger partial charge in [-0.05, 0) is 42.5 Å². The molecular weight excluding hydrogens is 270 g/mol. The van der Waals surface area contributed by atoms with Gasteiger partial charge < -0.3 is 9.73 Å². The molecule has 0 unspecified atom stereocenters. The van der Waals surface area contributed by atoms with Crippen LogP contribution in [0.1, 0.15) is 5.76 Å². The van der Waals surface area contributed by atoms with Crippen LogP contribution in [0.4, 0.5) is 5.69 Å². The van der Waals surface area contributed by atoms with E-state index in [1.807, 2.05) is 12.1 Å². The largest absolute Gasteiger partial charge is 0.463 e. The standard InChI is InChI=1S/C12H10ClN3OS/c13-9-3-1-4-10(7-9)15-12(18)16-14-8-11-5-2-6-17-11/h1-8H,(H2,15,16,18)/b14-8+. The van der Waals surface area contributed by atoms with Gasteiger partial charge in [0, 0.05) is 10.7 Å². The van der Waals surface area contributed by atoms with Crippen molar-refractivity contribution in [3.05, 3.63) is 53.4 Å². The number of hydrogen-bond acceptors (Lipinski definition) is 3. The second-order valence-corrected chi connectivity index (χ2v) is 4.19. The lowest BCUT2D eigenvalue weighted by molar-refractivity contribution is 0.560. The molecule has 2 rings (SSSR count). The molecule has 1 aromatic heterocycles. The topological polar surface area (TPSA) is 49.6 Å². The number of benzene rings is 1. The maximum atomic E-state index is 5.85. The number of thiocarbonyl (C=S) groups is 1. The van der Waals surface area contributed by atoms with Crippen LogP contribution < -0.4 is 10.7 Å². The Balaban J connectivity index is 1.86. The molecule has 0 radical (unpaired) electrons. The maximum Gasteiger partial charge on any atom is 0.191 e. The normalized spacial score (nSPS) is 10.5. The summed E-state index contributed by atoms with van der Waals surface area (Å²) in [5, 5.41) is 7.90. The van der Waals surface area contributed by atoms with E-state index in [-0.39, 0.29) is 0 Å². The van der Waals surface area contributed by atoms with Crippen molar-refractivity contribution in [3.8, 4) is 0 Å². The van der Waals surface area contributed by atoms with Crippen molar-refractivity contribution >= 4 is 40.8 Å². The lowest BCUT2D eigenvalue weighted by atomic mass is 10.3. The second kappa shape index (κ2) is 6.18. The van der Waals surface area contributed by atoms with Gasteiger partial charge in [-0.15, -0.1) is 0 Å². The Hall–Kier alpha value is -1.85. The molecule has 0 spiro atoms. The molecule has 0 aliphatic heterocycles. The highest BCUT2D eigenvalue weighted by atomic mass is 35.5. The molecule has 0 fully saturated rings. The van der Waals surface area contributed by atoms with Gasteiger partial charge in [-0.25, -0.2) is 0 Å². The van der Waals surface area contributed by atoms with Crippen molar-refractivity contribution in [2.75, 3.05) is 5.32 Å². The average Bonchev–Trinajstić information content (AvgIpc) is 2.82. The van der Waals surface area contributed by atoms with E-state index in [0.717, 1.165) is 5.69 Å². The summed E-state index contributed by atoms with van der Waals surface area (Å²) >= 11 is 10.9. The Kier molecular flexibility index (Phi) is 4.33. The van der Waals surface area contributed by atoms with Gasteiger partial charge in [0.1, 0.15) is 5.76 Å². The molecule has 0 aliphatic rings. The fraction of sp³-hybridized carbons (Fsp3) is 0. The van der Waals surface area contributed by atoms with E-state index in [4.69, 9.17) is 28.2 Å². The molecular formula is C12H10ClN3OS. The summed E-state index contributed by atoms with van der Waals surface area (Å²) in [5.74, 6) is 0.646. The third kappa shape index (κ3) is 3.87. The van der Waals surface area contributed by atoms with Gasteiger partial charge >= 0.3 is 0 Å². The van der Waals surface area contributed by atoms with Gasteiger partial charge in [0.15, 0.2) is 5.11 Å². The molecule has 0 amide bonds. The number of anilines is 1. The van der Waals surface area contributed by atoms with Gasteiger partial charge in [0.2, 0.25) is 0 Å². The number of rotatable bonds is 3. The zero-order valence-electron chi connectivity index (χ0n) is 9.26. The molecule has 0 saturated carbocycles. The number of furan rings is 1. The first-order valence-electron chi connectivity index (χ1n) is 5.13. The predicted octanol–water partition coefficient (Wildman–Crippen LogP) is 3.25. The second-order valence-electron chi connectivity index (χ2n) is 3.35. The molecule has 0 atom stereocenters. The van der Waals surface area contributed by atoms with E-state index < -0.39 is 0 Å². The zero-order valence-corrected chi connectivity index (χ0v) is 10.8. The van der Waals surface area contributed by atoms with Gasteiger partial charge in [0.25, 0.3) is 0 Å². The average molecular weight is 280 g/mol. The van der Waals surface area contributed by atoms with E-state index in [1.54, 1.807) is 30.5 Å². The molecule has 2 N–H and O–H groups in total. The Morgan fingerprint density at radius 2 is 2.22 bits per heavy atom. The molecule has 0 saturated heterocycles. The van der Waals surface area contributed by atoms with Crippen LogP contribution in [-0.4, -0.2) is 11.3 Å². The number of halogens is 1. The third-order valence-corrected chi connectivity index (χ3v) is 2.41. The summed E-state index contributed by atoms with van der Waals surface area (Å²) in [4.78, 5) is 0. The van der Waals surface area contributed by atoms with Crippen LogP contribution in [0.25, 0.3) is 0 Å². The van der Waals surface area contributed by atoms with Crippen LogP contribution in [0.2, 0.25) is 5.02 Å². The molecule has 1 aromatic carbocycles. The van der Waals surface area contributed by atoms with Gasteiger partial charge in [-0.2, -0.15) is 5.10 Å². The van der Waals surface area contributed by atoms with E-state index in [9.17, 15) is 0 Å². The van der Waals surface area contributed by atoms with Crippen molar-refractivity contribution in [2.45, 2.75) is 0 Å². The Bertz CT molecular complexity index is 554. The molecule has 1 heterocycles. The summed E-state index contributed by atoms with van der Waals surface area (Å²) < 4.78 is 5.08. The molecule has 4 nitrogen and oxygen atoms in total. The summed E-state index contributed by atoms with van der Waals surface area (Å²) in [6.07, 6.45) is 3.11. The van der Waals surface area contributed by atoms with Crippen LogP contribution in [0.5, 0.6) is 0 Å². The van der Waals surface area contributed by atoms with E-state index >= 15 is 0 Å². The van der Waals surface area contributed by atoms with Crippen molar-refractivity contribution in [3.63, 3.8) is 0 Å². The van der Waals surface area contributed by atoms with Gasteiger partial charge in [0.05, 0.1) is 12.5 Å². The highest BCUT2D eigenvalue weighted by Gasteiger charge is 1.96. The van der Waals surface area contributed by atoms with Crippen LogP contribution in [0, 0.1) is 0 Å². The third-order valence-electron chi connectivity index (χ3n) is 1.98. The Morgan fingerprint density at radius 1 is 1.33 bits per heavy atom. The lowest BCUT2D eigenvalue weighted by Crippen LogP contribution is -2.23. The number of nitrogens with zero attached hydrogens (tertiary/aromatic N) is 1. The minimum Gasteiger partial charge on any atom is -0.463 e. The van der Waals surface area contributed by atoms with Crippen molar-refractivity contribution in [1.82, 2.24) is 5.43 Å². The first-order valence-corrected chi connectivity index (χ1v) is 5.92. The van der Waals surface area contributed by atoms with Crippen LogP contribution in [-0.2, 0) is 0 Å². The van der Waals surface area contributed by atoms with Crippen molar-refractivity contribution in [1.29, 1.82) is 0 Å². The molecule has 6 heteroatoms. The monoisotopic (exact) mass is 279 g/mol. The molecule has 18 heavy (non-hydrogen) atoms. The number of nitrogens with one attached hydrogen (secondary N) is 2. The van der Waals surface area contributed by atoms with E-state index in [1.165, 1.54) is 6.21 Å². The van der Waals surface area contributed by atoms with Gasteiger partial charge in [-0.1, -0.05) is 17.7 Å². The highest BCUT2D eigenvalue weighted by Crippen LogP contribution is 2.14. The smallest absolute Gasteiger partial charge is 0.191 e. The minimum atomic E-state index is 0.375. The quantitative estimate of drug-likeness (QED) is 0.514. The molecule has 0 aliphatic carbocycles. The number of hydrogen-bond donors (Lipinski definition) is 2. The van der Waals surface area contributed by atoms with Crippen molar-refractivity contribution in [2.24, 2.45) is 5.10 Å². The fourth-order valence-electron chi connectivity index (χ4n) is 1.24. The summed E-state index contributed by atoms with van der Waals surface area (Å²) in [7, 11) is 0. The molecule has 92 valence electrons. The lowest BCUT2D eigenvalue weighted by Gasteiger charge is -2.06. The van der Waals surface area contributed by atoms with Crippen LogP contribution >= 0.6 is 23.8 Å². The van der Waals surface area contributed by atoms with Gasteiger partial charge in [-0.3, -0.25) is 5.43 Å². The van der Waals surface area contributed by atoms with Crippen LogP contribution in [0.3, 0.4) is 0 Å². The Labute approximate surface area is 115 Å². The Morgan fingerprint density at radius 3 is 2.94 bits per heavy atom. The first kappa shape index (κ1) is 12.6. The van der Waals surface area contributed by atoms with Crippen LogP contribution in [0.15, 0.2) is 52.2 Å². The molecule has 0 bridgehead atoms. The zero-order chi connectivity index (χ0) is 12.8. The fourth-order valence-corrected chi connectivity index (χ4v) is 1.61. The van der Waals surface area contributed by atoms with E-state index in [0.29, 0.717) is 15.9 Å². The highest BCUT2D eigenvalue weighted by molar-refractivity contribution is 7.80. The maximum absolute atomic E-state index is 5.85. The first-order chi connectivity index (χ1) is 8.74. The number of hydrazone groups is 1. The summed E-state index contributed by atoms with van der Waals surface area (Å²) in [6, 6.07) is 10.8. The summed E-state index contributed by atoms with van der Waals surface area (Å²) in [6.45, 7) is 0. The van der Waals surface area contributed by atoms with Crippen molar-refractivity contribution < 1.29 is 4.42 Å². The van der Waals surface area contributed by atoms with E-state index in [2.05, 4.69) is 15.8 Å². The molecule has 2 aromatic rings. The minimum absolute atomic E-state index is 0.375. The SMILES string of the molecule is S=C(N/N=C/c1ccco1)Nc1cccc(Cl)c1.